The zero-order valence-electron chi connectivity index (χ0n) is 7.46. The van der Waals surface area contributed by atoms with Crippen molar-refractivity contribution in [3.63, 3.8) is 0 Å². The van der Waals surface area contributed by atoms with E-state index in [0.717, 1.165) is 13.0 Å². The minimum Gasteiger partial charge on any atom is -0.463 e. The molecular formula is C8H14N2O2. The van der Waals surface area contributed by atoms with Crippen molar-refractivity contribution in [1.82, 2.24) is 0 Å². The van der Waals surface area contributed by atoms with Crippen molar-refractivity contribution in [2.45, 2.75) is 31.4 Å². The fourth-order valence-electron chi connectivity index (χ4n) is 1.82. The third-order valence-corrected chi connectivity index (χ3v) is 2.88. The van der Waals surface area contributed by atoms with Crippen LogP contribution in [-0.4, -0.2) is 30.4 Å². The molecular weight excluding hydrogens is 156 g/mol. The number of rotatable bonds is 0. The molecule has 2 N–H and O–H groups in total. The molecule has 4 heteroatoms. The van der Waals surface area contributed by atoms with Gasteiger partial charge < -0.3 is 15.2 Å². The van der Waals surface area contributed by atoms with Crippen LogP contribution in [0.4, 0.5) is 0 Å². The zero-order valence-corrected chi connectivity index (χ0v) is 7.46. The normalized spacial score (nSPS) is 38.3. The summed E-state index contributed by atoms with van der Waals surface area (Å²) in [7, 11) is 0. The minimum absolute atomic E-state index is 0.225. The average Bonchev–Trinajstić information content (AvgIpc) is 2.43. The first-order valence-electron chi connectivity index (χ1n) is 4.18. The Morgan fingerprint density at radius 3 is 2.67 bits per heavy atom. The van der Waals surface area contributed by atoms with Crippen LogP contribution in [0.1, 0.15) is 20.3 Å². The lowest BCUT2D eigenvalue weighted by molar-refractivity contribution is -0.00516. The van der Waals surface area contributed by atoms with Crippen molar-refractivity contribution in [3.8, 4) is 0 Å². The van der Waals surface area contributed by atoms with Gasteiger partial charge >= 0.3 is 0 Å². The Hall–Kier alpha value is -0.770. The standard InChI is InChI=1S/C8H14N2O2/c1-7(2)8(3-4-12-7)5-11-6(9)10-8/h3-5H2,1-2H3,(H2,9,10). The fraction of sp³-hybridized carbons (Fsp3) is 0.875. The summed E-state index contributed by atoms with van der Waals surface area (Å²) in [5.74, 6) is 0. The summed E-state index contributed by atoms with van der Waals surface area (Å²) in [6.45, 7) is 5.37. The quantitative estimate of drug-likeness (QED) is 0.567. The molecule has 12 heavy (non-hydrogen) atoms. The second-order valence-corrected chi connectivity index (χ2v) is 3.88. The first-order valence-corrected chi connectivity index (χ1v) is 4.18. The topological polar surface area (TPSA) is 56.8 Å². The lowest BCUT2D eigenvalue weighted by atomic mass is 9.84. The van der Waals surface area contributed by atoms with Crippen LogP contribution >= 0.6 is 0 Å². The molecule has 0 aromatic rings. The summed E-state index contributed by atoms with van der Waals surface area (Å²) in [5.41, 5.74) is 5.02. The van der Waals surface area contributed by atoms with Gasteiger partial charge in [0, 0.05) is 13.0 Å². The minimum atomic E-state index is -0.242. The molecule has 0 radical (unpaired) electrons. The van der Waals surface area contributed by atoms with E-state index in [0.29, 0.717) is 12.6 Å². The number of amidine groups is 1. The molecule has 2 heterocycles. The summed E-state index contributed by atoms with van der Waals surface area (Å²) < 4.78 is 10.8. The van der Waals surface area contributed by atoms with Crippen molar-refractivity contribution in [2.75, 3.05) is 13.2 Å². The Morgan fingerprint density at radius 2 is 2.25 bits per heavy atom. The van der Waals surface area contributed by atoms with Crippen molar-refractivity contribution in [1.29, 1.82) is 0 Å². The molecule has 0 amide bonds. The van der Waals surface area contributed by atoms with Crippen LogP contribution in [0, 0.1) is 0 Å². The highest BCUT2D eigenvalue weighted by molar-refractivity contribution is 5.74. The maximum absolute atomic E-state index is 5.58. The molecule has 1 unspecified atom stereocenters. The van der Waals surface area contributed by atoms with Crippen LogP contribution in [0.15, 0.2) is 4.99 Å². The molecule has 0 bridgehead atoms. The fourth-order valence-corrected chi connectivity index (χ4v) is 1.82. The van der Waals surface area contributed by atoms with Crippen molar-refractivity contribution in [2.24, 2.45) is 10.7 Å². The summed E-state index contributed by atoms with van der Waals surface area (Å²) in [6, 6.07) is 0.300. The average molecular weight is 170 g/mol. The van der Waals surface area contributed by atoms with Crippen LogP contribution in [0.3, 0.4) is 0 Å². The molecule has 1 atom stereocenters. The van der Waals surface area contributed by atoms with Gasteiger partial charge in [-0.15, -0.1) is 0 Å². The first-order chi connectivity index (χ1) is 5.56. The van der Waals surface area contributed by atoms with Gasteiger partial charge in [0.2, 0.25) is 0 Å². The van der Waals surface area contributed by atoms with Gasteiger partial charge in [0.15, 0.2) is 0 Å². The van der Waals surface area contributed by atoms with E-state index in [1.807, 2.05) is 13.8 Å². The van der Waals surface area contributed by atoms with Gasteiger partial charge in [-0.1, -0.05) is 0 Å². The van der Waals surface area contributed by atoms with Gasteiger partial charge in [-0.3, -0.25) is 0 Å². The van der Waals surface area contributed by atoms with E-state index in [-0.39, 0.29) is 11.1 Å². The molecule has 2 aliphatic rings. The molecule has 4 nitrogen and oxygen atoms in total. The summed E-state index contributed by atoms with van der Waals surface area (Å²) in [4.78, 5) is 4.32. The monoisotopic (exact) mass is 170 g/mol. The van der Waals surface area contributed by atoms with Crippen molar-refractivity contribution in [3.05, 3.63) is 0 Å². The largest absolute Gasteiger partial charge is 0.463 e. The number of hydrogen-bond donors (Lipinski definition) is 1. The van der Waals surface area contributed by atoms with Crippen LogP contribution in [0.5, 0.6) is 0 Å². The molecule has 0 saturated carbocycles. The zero-order chi connectivity index (χ0) is 8.82. The molecule has 0 aliphatic carbocycles. The van der Waals surface area contributed by atoms with Crippen LogP contribution < -0.4 is 5.73 Å². The van der Waals surface area contributed by atoms with Gasteiger partial charge in [-0.2, -0.15) is 0 Å². The van der Waals surface area contributed by atoms with E-state index in [2.05, 4.69) is 4.99 Å². The highest BCUT2D eigenvalue weighted by Gasteiger charge is 2.53. The number of hydrogen-bond acceptors (Lipinski definition) is 4. The Bertz CT molecular complexity index is 237. The van der Waals surface area contributed by atoms with E-state index in [1.54, 1.807) is 0 Å². The highest BCUT2D eigenvalue weighted by atomic mass is 16.5. The Kier molecular flexibility index (Phi) is 1.39. The second kappa shape index (κ2) is 2.13. The first kappa shape index (κ1) is 7.86. The maximum Gasteiger partial charge on any atom is 0.282 e. The van der Waals surface area contributed by atoms with Crippen LogP contribution in [0.2, 0.25) is 0 Å². The molecule has 0 aromatic carbocycles. The Labute approximate surface area is 71.7 Å². The van der Waals surface area contributed by atoms with E-state index < -0.39 is 0 Å². The van der Waals surface area contributed by atoms with Crippen molar-refractivity contribution >= 4 is 6.02 Å². The van der Waals surface area contributed by atoms with E-state index >= 15 is 0 Å². The smallest absolute Gasteiger partial charge is 0.282 e. The van der Waals surface area contributed by atoms with Gasteiger partial charge in [-0.05, 0) is 13.8 Å². The molecule has 1 saturated heterocycles. The van der Waals surface area contributed by atoms with Gasteiger partial charge in [0.25, 0.3) is 6.02 Å². The second-order valence-electron chi connectivity index (χ2n) is 3.88. The number of ether oxygens (including phenoxy) is 2. The summed E-state index contributed by atoms with van der Waals surface area (Å²) in [5, 5.41) is 0. The third-order valence-electron chi connectivity index (χ3n) is 2.88. The molecule has 1 spiro atoms. The molecule has 68 valence electrons. The number of nitrogens with zero attached hydrogens (tertiary/aromatic N) is 1. The van der Waals surface area contributed by atoms with Crippen LogP contribution in [0.25, 0.3) is 0 Å². The lowest BCUT2D eigenvalue weighted by Gasteiger charge is -2.31. The predicted octanol–water partition coefficient (Wildman–Crippen LogP) is 0.269. The molecule has 0 aromatic heterocycles. The Balaban J connectivity index is 2.32. The summed E-state index contributed by atoms with van der Waals surface area (Å²) >= 11 is 0. The van der Waals surface area contributed by atoms with Gasteiger partial charge in [0.1, 0.15) is 12.1 Å². The highest BCUT2D eigenvalue weighted by Crippen LogP contribution is 2.41. The molecule has 1 fully saturated rings. The van der Waals surface area contributed by atoms with E-state index in [9.17, 15) is 0 Å². The van der Waals surface area contributed by atoms with Crippen molar-refractivity contribution < 1.29 is 9.47 Å². The van der Waals surface area contributed by atoms with Crippen LogP contribution in [-0.2, 0) is 9.47 Å². The number of nitrogens with two attached hydrogens (primary N) is 1. The maximum atomic E-state index is 5.58. The van der Waals surface area contributed by atoms with Gasteiger partial charge in [0.05, 0.1) is 5.60 Å². The lowest BCUT2D eigenvalue weighted by Crippen LogP contribution is -2.45. The number of aliphatic imine (C=N–C) groups is 1. The third kappa shape index (κ3) is 0.843. The van der Waals surface area contributed by atoms with Gasteiger partial charge in [-0.25, -0.2) is 4.99 Å². The molecule has 2 aliphatic heterocycles. The van der Waals surface area contributed by atoms with E-state index in [1.165, 1.54) is 0 Å². The SMILES string of the molecule is CC1(C)OCCC12COC(N)=N2. The van der Waals surface area contributed by atoms with E-state index in [4.69, 9.17) is 15.2 Å². The molecule has 2 rings (SSSR count). The Morgan fingerprint density at radius 1 is 1.50 bits per heavy atom. The summed E-state index contributed by atoms with van der Waals surface area (Å²) in [6.07, 6.45) is 0.903. The predicted molar refractivity (Wildman–Crippen MR) is 45.0 cm³/mol.